The highest BCUT2D eigenvalue weighted by Crippen LogP contribution is 2.28. The summed E-state index contributed by atoms with van der Waals surface area (Å²) in [6, 6.07) is 12.3. The molecule has 1 unspecified atom stereocenters. The number of furan rings is 1. The highest BCUT2D eigenvalue weighted by Gasteiger charge is 2.19. The van der Waals surface area contributed by atoms with E-state index in [1.165, 1.54) is 5.56 Å². The van der Waals surface area contributed by atoms with Crippen LogP contribution in [0.25, 0.3) is 0 Å². The molecule has 2 rings (SSSR count). The van der Waals surface area contributed by atoms with Gasteiger partial charge < -0.3 is 10.2 Å². The number of hydrogen-bond acceptors (Lipinski definition) is 2. The van der Waals surface area contributed by atoms with E-state index in [1.54, 1.807) is 0 Å². The summed E-state index contributed by atoms with van der Waals surface area (Å²) in [4.78, 5) is 0. The molecule has 0 fully saturated rings. The van der Waals surface area contributed by atoms with E-state index in [4.69, 9.17) is 10.2 Å². The fourth-order valence-corrected chi connectivity index (χ4v) is 2.13. The molecule has 0 saturated carbocycles. The van der Waals surface area contributed by atoms with Gasteiger partial charge in [-0.05, 0) is 42.0 Å². The lowest BCUT2D eigenvalue weighted by Gasteiger charge is -2.23. The quantitative estimate of drug-likeness (QED) is 0.885. The first-order valence-corrected chi connectivity index (χ1v) is 6.86. The van der Waals surface area contributed by atoms with Crippen LogP contribution in [0.3, 0.4) is 0 Å². The molecule has 1 aromatic carbocycles. The van der Waals surface area contributed by atoms with Crippen molar-refractivity contribution in [1.82, 2.24) is 0 Å². The molecule has 2 aromatic rings. The van der Waals surface area contributed by atoms with Gasteiger partial charge in [-0.3, -0.25) is 0 Å². The Labute approximate surface area is 115 Å². The van der Waals surface area contributed by atoms with Gasteiger partial charge in [-0.1, -0.05) is 45.0 Å². The van der Waals surface area contributed by atoms with Gasteiger partial charge >= 0.3 is 0 Å². The third-order valence-corrected chi connectivity index (χ3v) is 4.00. The summed E-state index contributed by atoms with van der Waals surface area (Å²) in [5, 5.41) is 0. The van der Waals surface area contributed by atoms with Gasteiger partial charge in [0.25, 0.3) is 0 Å². The predicted molar refractivity (Wildman–Crippen MR) is 79.2 cm³/mol. The second-order valence-electron chi connectivity index (χ2n) is 5.79. The van der Waals surface area contributed by atoms with Gasteiger partial charge in [0.1, 0.15) is 11.5 Å². The van der Waals surface area contributed by atoms with E-state index in [1.807, 2.05) is 19.1 Å². The molecular weight excluding hydrogens is 234 g/mol. The van der Waals surface area contributed by atoms with Crippen LogP contribution in [-0.4, -0.2) is 0 Å². The van der Waals surface area contributed by atoms with Crippen molar-refractivity contribution in [2.24, 2.45) is 5.73 Å². The zero-order valence-corrected chi connectivity index (χ0v) is 12.2. The van der Waals surface area contributed by atoms with Crippen LogP contribution in [-0.2, 0) is 5.41 Å². The van der Waals surface area contributed by atoms with Crippen molar-refractivity contribution in [1.29, 1.82) is 0 Å². The topological polar surface area (TPSA) is 39.2 Å². The van der Waals surface area contributed by atoms with Crippen molar-refractivity contribution < 1.29 is 4.42 Å². The molecule has 1 heterocycles. The first kappa shape index (κ1) is 13.9. The standard InChI is InChI=1S/C17H23NO/c1-5-17(3,4)14-9-7-13(8-10-14)16(18)15-11-6-12(2)19-15/h6-11,16H,5,18H2,1-4H3. The van der Waals surface area contributed by atoms with E-state index in [2.05, 4.69) is 45.0 Å². The summed E-state index contributed by atoms with van der Waals surface area (Å²) in [7, 11) is 0. The lowest BCUT2D eigenvalue weighted by Crippen LogP contribution is -2.16. The minimum atomic E-state index is -0.188. The van der Waals surface area contributed by atoms with Crippen LogP contribution in [0.15, 0.2) is 40.8 Å². The van der Waals surface area contributed by atoms with Gasteiger partial charge in [-0.25, -0.2) is 0 Å². The van der Waals surface area contributed by atoms with E-state index >= 15 is 0 Å². The molecular formula is C17H23NO. The van der Waals surface area contributed by atoms with Crippen LogP contribution in [0.2, 0.25) is 0 Å². The largest absolute Gasteiger partial charge is 0.464 e. The van der Waals surface area contributed by atoms with Crippen molar-refractivity contribution in [3.05, 3.63) is 59.0 Å². The molecule has 0 amide bonds. The highest BCUT2D eigenvalue weighted by molar-refractivity contribution is 5.32. The van der Waals surface area contributed by atoms with Crippen LogP contribution in [0.1, 0.15) is 55.9 Å². The second kappa shape index (κ2) is 5.22. The molecule has 102 valence electrons. The average Bonchev–Trinajstić information content (AvgIpc) is 2.85. The van der Waals surface area contributed by atoms with Crippen LogP contribution in [0, 0.1) is 6.92 Å². The lowest BCUT2D eigenvalue weighted by molar-refractivity contribution is 0.466. The van der Waals surface area contributed by atoms with Crippen LogP contribution < -0.4 is 5.73 Å². The Morgan fingerprint density at radius 3 is 2.21 bits per heavy atom. The molecule has 2 heteroatoms. The van der Waals surface area contributed by atoms with Crippen molar-refractivity contribution >= 4 is 0 Å². The van der Waals surface area contributed by atoms with Gasteiger partial charge in [-0.15, -0.1) is 0 Å². The summed E-state index contributed by atoms with van der Waals surface area (Å²) in [6.07, 6.45) is 1.12. The lowest BCUT2D eigenvalue weighted by atomic mass is 9.82. The second-order valence-corrected chi connectivity index (χ2v) is 5.79. The van der Waals surface area contributed by atoms with Gasteiger partial charge in [0.05, 0.1) is 6.04 Å². The summed E-state index contributed by atoms with van der Waals surface area (Å²) < 4.78 is 5.59. The van der Waals surface area contributed by atoms with E-state index < -0.39 is 0 Å². The maximum absolute atomic E-state index is 6.23. The molecule has 0 saturated heterocycles. The monoisotopic (exact) mass is 257 g/mol. The molecule has 0 aliphatic carbocycles. The molecule has 0 bridgehead atoms. The minimum Gasteiger partial charge on any atom is -0.464 e. The molecule has 19 heavy (non-hydrogen) atoms. The predicted octanol–water partition coefficient (Wildman–Crippen LogP) is 4.32. The Balaban J connectivity index is 2.23. The van der Waals surface area contributed by atoms with Crippen LogP contribution >= 0.6 is 0 Å². The van der Waals surface area contributed by atoms with Gasteiger partial charge in [0.15, 0.2) is 0 Å². The number of aryl methyl sites for hydroxylation is 1. The molecule has 0 radical (unpaired) electrons. The zero-order chi connectivity index (χ0) is 14.0. The summed E-state index contributed by atoms with van der Waals surface area (Å²) in [5.41, 5.74) is 8.88. The molecule has 0 aliphatic heterocycles. The number of rotatable bonds is 4. The molecule has 0 aliphatic rings. The minimum absolute atomic E-state index is 0.188. The highest BCUT2D eigenvalue weighted by atomic mass is 16.3. The zero-order valence-electron chi connectivity index (χ0n) is 12.2. The van der Waals surface area contributed by atoms with Crippen molar-refractivity contribution in [2.75, 3.05) is 0 Å². The number of nitrogens with two attached hydrogens (primary N) is 1. The first-order valence-electron chi connectivity index (χ1n) is 6.86. The first-order chi connectivity index (χ1) is 8.94. The Kier molecular flexibility index (Phi) is 3.81. The van der Waals surface area contributed by atoms with Crippen molar-refractivity contribution in [3.63, 3.8) is 0 Å². The van der Waals surface area contributed by atoms with Crippen LogP contribution in [0.5, 0.6) is 0 Å². The van der Waals surface area contributed by atoms with Crippen LogP contribution in [0.4, 0.5) is 0 Å². The Morgan fingerprint density at radius 1 is 1.11 bits per heavy atom. The van der Waals surface area contributed by atoms with E-state index in [-0.39, 0.29) is 11.5 Å². The van der Waals surface area contributed by atoms with Gasteiger partial charge in [0.2, 0.25) is 0 Å². The molecule has 2 N–H and O–H groups in total. The Hall–Kier alpha value is -1.54. The summed E-state index contributed by atoms with van der Waals surface area (Å²) in [6.45, 7) is 8.67. The van der Waals surface area contributed by atoms with E-state index in [0.29, 0.717) is 0 Å². The normalized spacial score (nSPS) is 13.5. The fraction of sp³-hybridized carbons (Fsp3) is 0.412. The third-order valence-electron chi connectivity index (χ3n) is 4.00. The smallest absolute Gasteiger partial charge is 0.125 e. The van der Waals surface area contributed by atoms with Crippen molar-refractivity contribution in [3.8, 4) is 0 Å². The van der Waals surface area contributed by atoms with E-state index in [0.717, 1.165) is 23.5 Å². The van der Waals surface area contributed by atoms with Gasteiger partial charge in [-0.2, -0.15) is 0 Å². The Bertz CT molecular complexity index is 537. The fourth-order valence-electron chi connectivity index (χ4n) is 2.13. The number of benzene rings is 1. The molecule has 1 atom stereocenters. The van der Waals surface area contributed by atoms with Gasteiger partial charge in [0, 0.05) is 0 Å². The van der Waals surface area contributed by atoms with E-state index in [9.17, 15) is 0 Å². The Morgan fingerprint density at radius 2 is 1.74 bits per heavy atom. The summed E-state index contributed by atoms with van der Waals surface area (Å²) >= 11 is 0. The average molecular weight is 257 g/mol. The summed E-state index contributed by atoms with van der Waals surface area (Å²) in [5.74, 6) is 1.72. The van der Waals surface area contributed by atoms with Crippen molar-refractivity contribution in [2.45, 2.75) is 45.6 Å². The SMILES string of the molecule is CCC(C)(C)c1ccc(C(N)c2ccc(C)o2)cc1. The maximum Gasteiger partial charge on any atom is 0.125 e. The molecule has 1 aromatic heterocycles. The molecule has 2 nitrogen and oxygen atoms in total. The maximum atomic E-state index is 6.23. The molecule has 0 spiro atoms. The third kappa shape index (κ3) is 2.90. The number of hydrogen-bond donors (Lipinski definition) is 1.